The number of benzene rings is 1. The lowest BCUT2D eigenvalue weighted by Crippen LogP contribution is -2.56. The van der Waals surface area contributed by atoms with Crippen LogP contribution in [-0.2, 0) is 14.3 Å². The highest BCUT2D eigenvalue weighted by Crippen LogP contribution is 2.29. The van der Waals surface area contributed by atoms with Crippen LogP contribution < -0.4 is 5.32 Å². The number of carbonyl (C=O) groups excluding carboxylic acids is 1. The standard InChI is InChI=1S/C16H22N2O4.ClH/c1-16(2)11-22-13(12-6-4-3-5-7-12)9-18(16)10-14(19)17-8-15(20)21;/h3-7,13H,8-11H2,1-2H3,(H,17,19)(H,20,21);1H. The molecule has 1 aromatic rings. The topological polar surface area (TPSA) is 78.9 Å². The van der Waals surface area contributed by atoms with E-state index >= 15 is 0 Å². The molecule has 2 N–H and O–H groups in total. The van der Waals surface area contributed by atoms with E-state index in [1.54, 1.807) is 0 Å². The van der Waals surface area contributed by atoms with Crippen LogP contribution in [0.4, 0.5) is 0 Å². The number of amides is 1. The minimum Gasteiger partial charge on any atom is -0.480 e. The van der Waals surface area contributed by atoms with Gasteiger partial charge < -0.3 is 15.2 Å². The molecule has 1 fully saturated rings. The van der Waals surface area contributed by atoms with Crippen LogP contribution in [0.5, 0.6) is 0 Å². The fourth-order valence-electron chi connectivity index (χ4n) is 2.45. The predicted octanol–water partition coefficient (Wildman–Crippen LogP) is 1.46. The van der Waals surface area contributed by atoms with Gasteiger partial charge in [0.1, 0.15) is 6.54 Å². The van der Waals surface area contributed by atoms with E-state index < -0.39 is 5.97 Å². The zero-order valence-corrected chi connectivity index (χ0v) is 14.1. The van der Waals surface area contributed by atoms with E-state index in [9.17, 15) is 9.59 Å². The second kappa shape index (κ2) is 8.29. The molecular formula is C16H23ClN2O4. The Balaban J connectivity index is 0.00000264. The summed E-state index contributed by atoms with van der Waals surface area (Å²) in [6, 6.07) is 9.88. The molecule has 0 aliphatic carbocycles. The van der Waals surface area contributed by atoms with Crippen molar-refractivity contribution in [1.29, 1.82) is 0 Å². The van der Waals surface area contributed by atoms with Crippen LogP contribution in [0, 0.1) is 0 Å². The maximum atomic E-state index is 11.9. The van der Waals surface area contributed by atoms with Crippen molar-refractivity contribution in [2.75, 3.05) is 26.2 Å². The Morgan fingerprint density at radius 3 is 2.61 bits per heavy atom. The number of carbonyl (C=O) groups is 2. The minimum atomic E-state index is -1.04. The van der Waals surface area contributed by atoms with E-state index in [0.29, 0.717) is 13.2 Å². The van der Waals surface area contributed by atoms with Crippen molar-refractivity contribution in [1.82, 2.24) is 10.2 Å². The van der Waals surface area contributed by atoms with Gasteiger partial charge >= 0.3 is 5.97 Å². The number of carboxylic acid groups (broad SMARTS) is 1. The third kappa shape index (κ3) is 5.49. The molecular weight excluding hydrogens is 320 g/mol. The molecule has 1 saturated heterocycles. The smallest absolute Gasteiger partial charge is 0.322 e. The minimum absolute atomic E-state index is 0. The number of hydrogen-bond acceptors (Lipinski definition) is 4. The van der Waals surface area contributed by atoms with Gasteiger partial charge in [-0.3, -0.25) is 14.5 Å². The Morgan fingerprint density at radius 1 is 1.35 bits per heavy atom. The van der Waals surface area contributed by atoms with Crippen molar-refractivity contribution in [3.05, 3.63) is 35.9 Å². The monoisotopic (exact) mass is 342 g/mol. The van der Waals surface area contributed by atoms with Gasteiger partial charge in [-0.15, -0.1) is 12.4 Å². The van der Waals surface area contributed by atoms with Crippen molar-refractivity contribution in [3.63, 3.8) is 0 Å². The van der Waals surface area contributed by atoms with Crippen molar-refractivity contribution < 1.29 is 19.4 Å². The fourth-order valence-corrected chi connectivity index (χ4v) is 2.45. The van der Waals surface area contributed by atoms with Crippen LogP contribution in [0.25, 0.3) is 0 Å². The number of morpholine rings is 1. The van der Waals surface area contributed by atoms with Gasteiger partial charge in [0, 0.05) is 12.1 Å². The first kappa shape index (κ1) is 19.4. The molecule has 0 aromatic heterocycles. The second-order valence-electron chi connectivity index (χ2n) is 6.07. The highest BCUT2D eigenvalue weighted by molar-refractivity contribution is 5.85. The van der Waals surface area contributed by atoms with Gasteiger partial charge in [0.25, 0.3) is 0 Å². The molecule has 23 heavy (non-hydrogen) atoms. The van der Waals surface area contributed by atoms with E-state index in [1.807, 2.05) is 49.1 Å². The average molecular weight is 343 g/mol. The van der Waals surface area contributed by atoms with E-state index in [-0.39, 0.29) is 43.0 Å². The van der Waals surface area contributed by atoms with Crippen LogP contribution in [0.1, 0.15) is 25.5 Å². The highest BCUT2D eigenvalue weighted by Gasteiger charge is 2.36. The zero-order valence-electron chi connectivity index (χ0n) is 13.3. The molecule has 0 bridgehead atoms. The number of aliphatic carboxylic acids is 1. The molecule has 0 spiro atoms. The first-order chi connectivity index (χ1) is 10.4. The third-order valence-electron chi connectivity index (χ3n) is 3.82. The molecule has 2 rings (SSSR count). The first-order valence-electron chi connectivity index (χ1n) is 7.28. The number of halogens is 1. The third-order valence-corrected chi connectivity index (χ3v) is 3.82. The highest BCUT2D eigenvalue weighted by atomic mass is 35.5. The summed E-state index contributed by atoms with van der Waals surface area (Å²) >= 11 is 0. The largest absolute Gasteiger partial charge is 0.480 e. The van der Waals surface area contributed by atoms with Gasteiger partial charge in [0.15, 0.2) is 0 Å². The number of nitrogens with one attached hydrogen (secondary N) is 1. The van der Waals surface area contributed by atoms with Gasteiger partial charge in [0.05, 0.1) is 19.3 Å². The quantitative estimate of drug-likeness (QED) is 0.847. The van der Waals surface area contributed by atoms with E-state index in [1.165, 1.54) is 0 Å². The predicted molar refractivity (Wildman–Crippen MR) is 88.7 cm³/mol. The Labute approximate surface area is 142 Å². The number of ether oxygens (including phenoxy) is 1. The maximum Gasteiger partial charge on any atom is 0.322 e. The number of hydrogen-bond donors (Lipinski definition) is 2. The van der Waals surface area contributed by atoms with E-state index in [4.69, 9.17) is 9.84 Å². The summed E-state index contributed by atoms with van der Waals surface area (Å²) in [6.45, 7) is 4.94. The molecule has 1 aliphatic rings. The van der Waals surface area contributed by atoms with E-state index in [0.717, 1.165) is 5.56 Å². The summed E-state index contributed by atoms with van der Waals surface area (Å²) in [5.74, 6) is -1.33. The molecule has 1 heterocycles. The number of nitrogens with zero attached hydrogens (tertiary/aromatic N) is 1. The Bertz CT molecular complexity index is 536. The molecule has 1 atom stereocenters. The van der Waals surface area contributed by atoms with E-state index in [2.05, 4.69) is 5.32 Å². The van der Waals surface area contributed by atoms with Crippen molar-refractivity contribution in [2.45, 2.75) is 25.5 Å². The summed E-state index contributed by atoms with van der Waals surface area (Å²) in [5, 5.41) is 11.0. The Hall–Kier alpha value is -1.63. The lowest BCUT2D eigenvalue weighted by atomic mass is 9.98. The van der Waals surface area contributed by atoms with Crippen LogP contribution in [0.2, 0.25) is 0 Å². The maximum absolute atomic E-state index is 11.9. The van der Waals surface area contributed by atoms with Crippen LogP contribution in [0.15, 0.2) is 30.3 Å². The van der Waals surface area contributed by atoms with Gasteiger partial charge in [-0.2, -0.15) is 0 Å². The van der Waals surface area contributed by atoms with Crippen LogP contribution >= 0.6 is 12.4 Å². The van der Waals surface area contributed by atoms with Gasteiger partial charge in [-0.05, 0) is 19.4 Å². The lowest BCUT2D eigenvalue weighted by Gasteiger charge is -2.45. The number of rotatable bonds is 5. The Kier molecular flexibility index (Phi) is 7.00. The summed E-state index contributed by atoms with van der Waals surface area (Å²) in [6.07, 6.45) is -0.0819. The van der Waals surface area contributed by atoms with Gasteiger partial charge in [-0.1, -0.05) is 30.3 Å². The molecule has 6 nitrogen and oxygen atoms in total. The molecule has 1 unspecified atom stereocenters. The second-order valence-corrected chi connectivity index (χ2v) is 6.07. The van der Waals surface area contributed by atoms with Gasteiger partial charge in [-0.25, -0.2) is 0 Å². The van der Waals surface area contributed by atoms with Crippen molar-refractivity contribution >= 4 is 24.3 Å². The molecule has 7 heteroatoms. The Morgan fingerprint density at radius 2 is 2.00 bits per heavy atom. The molecule has 128 valence electrons. The van der Waals surface area contributed by atoms with Crippen molar-refractivity contribution in [2.24, 2.45) is 0 Å². The molecule has 0 radical (unpaired) electrons. The average Bonchev–Trinajstić information content (AvgIpc) is 2.48. The molecule has 0 saturated carbocycles. The normalized spacial score (nSPS) is 20.3. The molecule has 1 aliphatic heterocycles. The van der Waals surface area contributed by atoms with Crippen LogP contribution in [-0.4, -0.2) is 53.7 Å². The van der Waals surface area contributed by atoms with Crippen molar-refractivity contribution in [3.8, 4) is 0 Å². The SMILES string of the molecule is CC1(C)COC(c2ccccc2)CN1CC(=O)NCC(=O)O.Cl. The summed E-state index contributed by atoms with van der Waals surface area (Å²) in [4.78, 5) is 24.4. The number of carboxylic acids is 1. The lowest BCUT2D eigenvalue weighted by molar-refractivity contribution is -0.140. The summed E-state index contributed by atoms with van der Waals surface area (Å²) in [7, 11) is 0. The van der Waals surface area contributed by atoms with Crippen LogP contribution in [0.3, 0.4) is 0 Å². The summed E-state index contributed by atoms with van der Waals surface area (Å²) < 4.78 is 5.92. The molecule has 1 amide bonds. The first-order valence-corrected chi connectivity index (χ1v) is 7.28. The van der Waals surface area contributed by atoms with Gasteiger partial charge in [0.2, 0.25) is 5.91 Å². The summed E-state index contributed by atoms with van der Waals surface area (Å²) in [5.41, 5.74) is 0.806. The zero-order chi connectivity index (χ0) is 16.2. The molecule has 1 aromatic carbocycles. The fraction of sp³-hybridized carbons (Fsp3) is 0.500.